The van der Waals surface area contributed by atoms with Crippen LogP contribution in [0.3, 0.4) is 0 Å². The second-order valence-corrected chi connectivity index (χ2v) is 5.48. The molecule has 1 aliphatic heterocycles. The molecule has 1 atom stereocenters. The predicted molar refractivity (Wildman–Crippen MR) is 81.5 cm³/mol. The van der Waals surface area contributed by atoms with E-state index in [1.165, 1.54) is 11.1 Å². The van der Waals surface area contributed by atoms with Crippen LogP contribution in [0, 0.1) is 0 Å². The van der Waals surface area contributed by atoms with E-state index in [1.807, 2.05) is 24.3 Å². The lowest BCUT2D eigenvalue weighted by Gasteiger charge is -2.34. The molecule has 0 saturated carbocycles. The summed E-state index contributed by atoms with van der Waals surface area (Å²) in [6.45, 7) is 4.07. The number of fused-ring (bicyclic) bond motifs is 1. The molecule has 0 radical (unpaired) electrons. The van der Waals surface area contributed by atoms with E-state index < -0.39 is 0 Å². The Morgan fingerprint density at radius 3 is 2.80 bits per heavy atom. The zero-order valence-electron chi connectivity index (χ0n) is 11.7. The normalized spacial score (nSPS) is 16.6. The highest BCUT2D eigenvalue weighted by Gasteiger charge is 2.23. The molecule has 0 spiro atoms. The molecule has 0 aromatic heterocycles. The molecule has 3 N–H and O–H groups in total. The number of phenolic OH excluding ortho intramolecular Hbond substituents is 1. The third-order valence-electron chi connectivity index (χ3n) is 4.24. The molecular formula is C17H20N2O. The van der Waals surface area contributed by atoms with Gasteiger partial charge in [-0.2, -0.15) is 0 Å². The van der Waals surface area contributed by atoms with Gasteiger partial charge in [-0.15, -0.1) is 0 Å². The van der Waals surface area contributed by atoms with Crippen LogP contribution in [0.15, 0.2) is 42.5 Å². The largest absolute Gasteiger partial charge is 0.508 e. The van der Waals surface area contributed by atoms with Gasteiger partial charge in [-0.05, 0) is 48.2 Å². The van der Waals surface area contributed by atoms with E-state index in [0.29, 0.717) is 5.75 Å². The van der Waals surface area contributed by atoms with Gasteiger partial charge in [0, 0.05) is 24.8 Å². The lowest BCUT2D eigenvalue weighted by Crippen LogP contribution is -2.33. The molecule has 3 rings (SSSR count). The first-order valence-corrected chi connectivity index (χ1v) is 7.04. The van der Waals surface area contributed by atoms with Crippen molar-refractivity contribution in [2.45, 2.75) is 25.9 Å². The highest BCUT2D eigenvalue weighted by atomic mass is 16.3. The number of aromatic hydroxyl groups is 1. The molecule has 0 fully saturated rings. The van der Waals surface area contributed by atoms with E-state index in [1.54, 1.807) is 6.07 Å². The fourth-order valence-electron chi connectivity index (χ4n) is 2.95. The van der Waals surface area contributed by atoms with E-state index >= 15 is 0 Å². The zero-order valence-corrected chi connectivity index (χ0v) is 11.7. The number of nitrogens with two attached hydrogens (primary N) is 1. The lowest BCUT2D eigenvalue weighted by atomic mass is 9.95. The summed E-state index contributed by atoms with van der Waals surface area (Å²) in [5.41, 5.74) is 10.7. The molecule has 20 heavy (non-hydrogen) atoms. The minimum atomic E-state index is 0.273. The van der Waals surface area contributed by atoms with Gasteiger partial charge < -0.3 is 10.8 Å². The van der Waals surface area contributed by atoms with Crippen molar-refractivity contribution in [2.75, 3.05) is 12.3 Å². The Balaban J connectivity index is 1.85. The molecule has 1 unspecified atom stereocenters. The summed E-state index contributed by atoms with van der Waals surface area (Å²) in [6.07, 6.45) is 1.03. The maximum atomic E-state index is 9.62. The van der Waals surface area contributed by atoms with Crippen molar-refractivity contribution in [1.82, 2.24) is 4.90 Å². The molecule has 0 amide bonds. The molecule has 0 aliphatic carbocycles. The quantitative estimate of drug-likeness (QED) is 0.823. The Bertz CT molecular complexity index is 624. The van der Waals surface area contributed by atoms with Gasteiger partial charge in [-0.1, -0.05) is 24.3 Å². The van der Waals surface area contributed by atoms with Crippen LogP contribution in [0.5, 0.6) is 5.75 Å². The van der Waals surface area contributed by atoms with Crippen molar-refractivity contribution in [3.05, 3.63) is 59.2 Å². The minimum Gasteiger partial charge on any atom is -0.508 e. The number of nitrogen functional groups attached to an aromatic ring is 1. The zero-order chi connectivity index (χ0) is 14.1. The van der Waals surface area contributed by atoms with Crippen LogP contribution in [0.2, 0.25) is 0 Å². The van der Waals surface area contributed by atoms with Crippen molar-refractivity contribution in [2.24, 2.45) is 0 Å². The standard InChI is InChI=1S/C17H20N2O/c1-12(14-5-2-6-15(20)10-14)19-9-8-13-4-3-7-17(18)16(13)11-19/h2-7,10,12,20H,8-9,11,18H2,1H3. The minimum absolute atomic E-state index is 0.273. The van der Waals surface area contributed by atoms with Gasteiger partial charge in [-0.3, -0.25) is 4.90 Å². The fraction of sp³-hybridized carbons (Fsp3) is 0.294. The summed E-state index contributed by atoms with van der Waals surface area (Å²) in [5, 5.41) is 9.62. The molecule has 0 bridgehead atoms. The Hall–Kier alpha value is -2.00. The first kappa shape index (κ1) is 13.0. The van der Waals surface area contributed by atoms with Crippen molar-refractivity contribution in [3.63, 3.8) is 0 Å². The van der Waals surface area contributed by atoms with Crippen LogP contribution in [0.4, 0.5) is 5.69 Å². The van der Waals surface area contributed by atoms with E-state index in [9.17, 15) is 5.11 Å². The highest BCUT2D eigenvalue weighted by molar-refractivity contribution is 5.51. The Morgan fingerprint density at radius 2 is 2.00 bits per heavy atom. The van der Waals surface area contributed by atoms with Crippen LogP contribution in [0.25, 0.3) is 0 Å². The maximum Gasteiger partial charge on any atom is 0.115 e. The Morgan fingerprint density at radius 1 is 1.20 bits per heavy atom. The lowest BCUT2D eigenvalue weighted by molar-refractivity contribution is 0.192. The monoisotopic (exact) mass is 268 g/mol. The van der Waals surface area contributed by atoms with Gasteiger partial charge in [0.25, 0.3) is 0 Å². The summed E-state index contributed by atoms with van der Waals surface area (Å²) < 4.78 is 0. The summed E-state index contributed by atoms with van der Waals surface area (Å²) >= 11 is 0. The van der Waals surface area contributed by atoms with Crippen LogP contribution in [-0.2, 0) is 13.0 Å². The van der Waals surface area contributed by atoms with Crippen molar-refractivity contribution in [3.8, 4) is 5.75 Å². The van der Waals surface area contributed by atoms with E-state index in [2.05, 4.69) is 24.0 Å². The number of hydrogen-bond acceptors (Lipinski definition) is 3. The third-order valence-corrected chi connectivity index (χ3v) is 4.24. The van der Waals surface area contributed by atoms with Gasteiger partial charge >= 0.3 is 0 Å². The summed E-state index contributed by atoms with van der Waals surface area (Å²) in [4.78, 5) is 2.41. The summed E-state index contributed by atoms with van der Waals surface area (Å²) in [5.74, 6) is 0.325. The van der Waals surface area contributed by atoms with E-state index in [0.717, 1.165) is 30.8 Å². The average molecular weight is 268 g/mol. The first-order valence-electron chi connectivity index (χ1n) is 7.04. The Labute approximate surface area is 119 Å². The maximum absolute atomic E-state index is 9.62. The molecular weight excluding hydrogens is 248 g/mol. The molecule has 3 nitrogen and oxygen atoms in total. The summed E-state index contributed by atoms with van der Waals surface area (Å²) in [7, 11) is 0. The van der Waals surface area contributed by atoms with Crippen LogP contribution in [0.1, 0.15) is 29.7 Å². The number of anilines is 1. The average Bonchev–Trinajstić information content (AvgIpc) is 2.47. The van der Waals surface area contributed by atoms with Crippen LogP contribution in [-0.4, -0.2) is 16.6 Å². The fourth-order valence-corrected chi connectivity index (χ4v) is 2.95. The number of hydrogen-bond donors (Lipinski definition) is 2. The van der Waals surface area contributed by atoms with Gasteiger partial charge in [0.05, 0.1) is 0 Å². The second kappa shape index (κ2) is 5.17. The topological polar surface area (TPSA) is 49.5 Å². The van der Waals surface area contributed by atoms with E-state index in [4.69, 9.17) is 5.73 Å². The third kappa shape index (κ3) is 2.37. The first-order chi connectivity index (χ1) is 9.65. The van der Waals surface area contributed by atoms with Crippen LogP contribution >= 0.6 is 0 Å². The van der Waals surface area contributed by atoms with Gasteiger partial charge in [0.1, 0.15) is 5.75 Å². The molecule has 1 heterocycles. The predicted octanol–water partition coefficient (Wildman–Crippen LogP) is 3.09. The van der Waals surface area contributed by atoms with Crippen molar-refractivity contribution < 1.29 is 5.11 Å². The van der Waals surface area contributed by atoms with Crippen molar-refractivity contribution in [1.29, 1.82) is 0 Å². The molecule has 0 saturated heterocycles. The van der Waals surface area contributed by atoms with E-state index in [-0.39, 0.29) is 6.04 Å². The molecule has 104 valence electrons. The SMILES string of the molecule is CC(c1cccc(O)c1)N1CCc2cccc(N)c2C1. The number of rotatable bonds is 2. The van der Waals surface area contributed by atoms with Crippen molar-refractivity contribution >= 4 is 5.69 Å². The van der Waals surface area contributed by atoms with Gasteiger partial charge in [0.15, 0.2) is 0 Å². The van der Waals surface area contributed by atoms with Gasteiger partial charge in [-0.25, -0.2) is 0 Å². The molecule has 2 aromatic carbocycles. The van der Waals surface area contributed by atoms with Gasteiger partial charge in [0.2, 0.25) is 0 Å². The smallest absolute Gasteiger partial charge is 0.115 e. The number of phenols is 1. The summed E-state index contributed by atoms with van der Waals surface area (Å²) in [6, 6.07) is 14.0. The molecule has 3 heteroatoms. The second-order valence-electron chi connectivity index (χ2n) is 5.48. The number of nitrogens with zero attached hydrogens (tertiary/aromatic N) is 1. The Kier molecular flexibility index (Phi) is 3.36. The molecule has 2 aromatic rings. The van der Waals surface area contributed by atoms with Crippen LogP contribution < -0.4 is 5.73 Å². The molecule has 1 aliphatic rings. The number of benzene rings is 2. The highest BCUT2D eigenvalue weighted by Crippen LogP contribution is 2.31.